The summed E-state index contributed by atoms with van der Waals surface area (Å²) >= 11 is 0. The number of hydrogen-bond donors (Lipinski definition) is 2. The topological polar surface area (TPSA) is 60.8 Å². The Kier molecular flexibility index (Phi) is 1.72. The fraction of sp³-hybridized carbons (Fsp3) is 0.875. The molecule has 2 heterocycles. The van der Waals surface area contributed by atoms with Crippen molar-refractivity contribution in [3.63, 3.8) is 0 Å². The second-order valence-corrected chi connectivity index (χ2v) is 3.70. The van der Waals surface area contributed by atoms with Gasteiger partial charge in [0.1, 0.15) is 0 Å². The Morgan fingerprint density at radius 3 is 2.17 bits per heavy atom. The van der Waals surface area contributed by atoms with Crippen molar-refractivity contribution in [1.82, 2.24) is 4.90 Å². The summed E-state index contributed by atoms with van der Waals surface area (Å²) in [5, 5.41) is 18.2. The molecule has 68 valence electrons. The highest BCUT2D eigenvalue weighted by atomic mass is 16.4. The summed E-state index contributed by atoms with van der Waals surface area (Å²) in [5.41, 5.74) is 0. The van der Waals surface area contributed by atoms with E-state index in [0.29, 0.717) is 12.8 Å². The summed E-state index contributed by atoms with van der Waals surface area (Å²) in [6, 6.07) is 0.160. The highest BCUT2D eigenvalue weighted by Gasteiger charge is 2.42. The number of rotatable bonds is 0. The number of carbonyl (C=O) groups is 1. The highest BCUT2D eigenvalue weighted by molar-refractivity contribution is 5.66. The zero-order chi connectivity index (χ0) is 8.72. The third kappa shape index (κ3) is 1.06. The van der Waals surface area contributed by atoms with Gasteiger partial charge in [-0.05, 0) is 25.7 Å². The second-order valence-electron chi connectivity index (χ2n) is 3.70. The second kappa shape index (κ2) is 2.62. The number of aliphatic hydroxyl groups is 1. The van der Waals surface area contributed by atoms with E-state index in [9.17, 15) is 9.90 Å². The minimum absolute atomic E-state index is 0.0799. The third-order valence-corrected chi connectivity index (χ3v) is 2.93. The van der Waals surface area contributed by atoms with Gasteiger partial charge in [0.25, 0.3) is 0 Å². The van der Waals surface area contributed by atoms with Crippen LogP contribution in [0, 0.1) is 0 Å². The average molecular weight is 171 g/mol. The average Bonchev–Trinajstić information content (AvgIpc) is 2.24. The summed E-state index contributed by atoms with van der Waals surface area (Å²) in [7, 11) is 0. The van der Waals surface area contributed by atoms with Crippen molar-refractivity contribution >= 4 is 6.09 Å². The minimum atomic E-state index is -0.825. The molecule has 3 atom stereocenters. The number of carboxylic acid groups (broad SMARTS) is 1. The lowest BCUT2D eigenvalue weighted by atomic mass is 10.0. The zero-order valence-electron chi connectivity index (χ0n) is 6.81. The van der Waals surface area contributed by atoms with Gasteiger partial charge >= 0.3 is 6.09 Å². The first-order chi connectivity index (χ1) is 5.68. The van der Waals surface area contributed by atoms with Gasteiger partial charge in [-0.25, -0.2) is 4.79 Å². The van der Waals surface area contributed by atoms with Crippen molar-refractivity contribution in [1.29, 1.82) is 0 Å². The molecule has 2 bridgehead atoms. The van der Waals surface area contributed by atoms with Gasteiger partial charge in [-0.15, -0.1) is 0 Å². The van der Waals surface area contributed by atoms with E-state index in [0.717, 1.165) is 12.8 Å². The van der Waals surface area contributed by atoms with E-state index in [1.54, 1.807) is 0 Å². The van der Waals surface area contributed by atoms with Crippen LogP contribution in [0.2, 0.25) is 0 Å². The molecule has 0 aromatic rings. The molecule has 2 saturated heterocycles. The zero-order valence-corrected chi connectivity index (χ0v) is 6.81. The predicted octanol–water partition coefficient (Wildman–Crippen LogP) is 0.652. The lowest BCUT2D eigenvalue weighted by Gasteiger charge is -2.34. The fourth-order valence-electron chi connectivity index (χ4n) is 2.46. The molecular formula is C8H13NO3. The Balaban J connectivity index is 2.14. The maximum absolute atomic E-state index is 10.8. The van der Waals surface area contributed by atoms with Crippen LogP contribution < -0.4 is 0 Å². The largest absolute Gasteiger partial charge is 0.465 e. The van der Waals surface area contributed by atoms with Crippen molar-refractivity contribution in [2.45, 2.75) is 43.9 Å². The van der Waals surface area contributed by atoms with E-state index >= 15 is 0 Å². The van der Waals surface area contributed by atoms with E-state index < -0.39 is 6.09 Å². The van der Waals surface area contributed by atoms with Gasteiger partial charge in [-0.1, -0.05) is 0 Å². The maximum atomic E-state index is 10.8. The molecule has 0 aromatic carbocycles. The van der Waals surface area contributed by atoms with Gasteiger partial charge < -0.3 is 15.1 Å². The van der Waals surface area contributed by atoms with Crippen LogP contribution in [-0.2, 0) is 0 Å². The predicted molar refractivity (Wildman–Crippen MR) is 41.9 cm³/mol. The third-order valence-electron chi connectivity index (χ3n) is 2.93. The molecule has 2 aliphatic rings. The smallest absolute Gasteiger partial charge is 0.407 e. The van der Waals surface area contributed by atoms with E-state index in [4.69, 9.17) is 5.11 Å². The van der Waals surface area contributed by atoms with Crippen LogP contribution in [0.15, 0.2) is 0 Å². The molecule has 0 radical (unpaired) electrons. The first-order valence-corrected chi connectivity index (χ1v) is 4.38. The first kappa shape index (κ1) is 7.86. The lowest BCUT2D eigenvalue weighted by molar-refractivity contribution is 0.0382. The van der Waals surface area contributed by atoms with Gasteiger partial charge in [-0.3, -0.25) is 0 Å². The molecule has 2 N–H and O–H groups in total. The van der Waals surface area contributed by atoms with Crippen LogP contribution >= 0.6 is 0 Å². The molecule has 1 amide bonds. The van der Waals surface area contributed by atoms with Gasteiger partial charge in [0.15, 0.2) is 0 Å². The maximum Gasteiger partial charge on any atom is 0.407 e. The summed E-state index contributed by atoms with van der Waals surface area (Å²) in [4.78, 5) is 12.3. The molecule has 2 fully saturated rings. The molecule has 4 nitrogen and oxygen atoms in total. The monoisotopic (exact) mass is 171 g/mol. The SMILES string of the molecule is O=C(O)N1C2CC[C@H]1CC(O)C2. The van der Waals surface area contributed by atoms with Crippen LogP contribution in [0.4, 0.5) is 4.79 Å². The molecular weight excluding hydrogens is 158 g/mol. The normalized spacial score (nSPS) is 40.1. The van der Waals surface area contributed by atoms with Crippen LogP contribution in [0.25, 0.3) is 0 Å². The Morgan fingerprint density at radius 2 is 1.75 bits per heavy atom. The van der Waals surface area contributed by atoms with E-state index in [1.807, 2.05) is 0 Å². The van der Waals surface area contributed by atoms with Crippen molar-refractivity contribution in [2.75, 3.05) is 0 Å². The van der Waals surface area contributed by atoms with Crippen molar-refractivity contribution in [3.8, 4) is 0 Å². The summed E-state index contributed by atoms with van der Waals surface area (Å²) in [6.45, 7) is 0. The number of amides is 1. The van der Waals surface area contributed by atoms with Crippen LogP contribution in [0.5, 0.6) is 0 Å². The van der Waals surface area contributed by atoms with Gasteiger partial charge in [-0.2, -0.15) is 0 Å². The lowest BCUT2D eigenvalue weighted by Crippen LogP contribution is -2.47. The Morgan fingerprint density at radius 1 is 1.25 bits per heavy atom. The minimum Gasteiger partial charge on any atom is -0.465 e. The molecule has 2 rings (SSSR count). The molecule has 0 aromatic heterocycles. The van der Waals surface area contributed by atoms with Crippen LogP contribution in [-0.4, -0.2) is 39.4 Å². The molecule has 12 heavy (non-hydrogen) atoms. The Labute approximate surface area is 70.8 Å². The van der Waals surface area contributed by atoms with Crippen LogP contribution in [0.3, 0.4) is 0 Å². The fourth-order valence-corrected chi connectivity index (χ4v) is 2.46. The van der Waals surface area contributed by atoms with Crippen LogP contribution in [0.1, 0.15) is 25.7 Å². The molecule has 2 unspecified atom stereocenters. The van der Waals surface area contributed by atoms with E-state index in [1.165, 1.54) is 4.90 Å². The molecule has 0 saturated carbocycles. The quantitative estimate of drug-likeness (QED) is 0.562. The molecule has 4 heteroatoms. The Hall–Kier alpha value is -0.770. The van der Waals surface area contributed by atoms with E-state index in [-0.39, 0.29) is 18.2 Å². The first-order valence-electron chi connectivity index (χ1n) is 4.38. The number of fused-ring (bicyclic) bond motifs is 2. The number of aliphatic hydroxyl groups excluding tert-OH is 1. The summed E-state index contributed by atoms with van der Waals surface area (Å²) in [6.07, 6.45) is 2.00. The summed E-state index contributed by atoms with van der Waals surface area (Å²) in [5.74, 6) is 0. The van der Waals surface area contributed by atoms with Gasteiger partial charge in [0.2, 0.25) is 0 Å². The van der Waals surface area contributed by atoms with Crippen molar-refractivity contribution < 1.29 is 15.0 Å². The van der Waals surface area contributed by atoms with E-state index in [2.05, 4.69) is 0 Å². The summed E-state index contributed by atoms with van der Waals surface area (Å²) < 4.78 is 0. The standard InChI is InChI=1S/C8H13NO3/c10-7-3-5-1-2-6(4-7)9(5)8(11)12/h5-7,10H,1-4H2,(H,11,12)/t5-,6?,7?/m0/s1. The number of hydrogen-bond acceptors (Lipinski definition) is 2. The van der Waals surface area contributed by atoms with Gasteiger partial charge in [0, 0.05) is 12.1 Å². The Bertz CT molecular complexity index is 192. The number of piperidine rings is 1. The van der Waals surface area contributed by atoms with Gasteiger partial charge in [0.05, 0.1) is 6.10 Å². The number of nitrogens with zero attached hydrogens (tertiary/aromatic N) is 1. The molecule has 0 aliphatic carbocycles. The molecule has 2 aliphatic heterocycles. The highest BCUT2D eigenvalue weighted by Crippen LogP contribution is 2.35. The van der Waals surface area contributed by atoms with Crippen molar-refractivity contribution in [2.24, 2.45) is 0 Å². The molecule has 0 spiro atoms. The van der Waals surface area contributed by atoms with Crippen molar-refractivity contribution in [3.05, 3.63) is 0 Å².